The van der Waals surface area contributed by atoms with E-state index in [9.17, 15) is 0 Å². The van der Waals surface area contributed by atoms with E-state index in [0.29, 0.717) is 26.1 Å². The molecule has 1 rings (SSSR count). The molecule has 0 amide bonds. The van der Waals surface area contributed by atoms with Crippen molar-refractivity contribution in [2.24, 2.45) is 0 Å². The third kappa shape index (κ3) is 3.18. The van der Waals surface area contributed by atoms with Crippen molar-refractivity contribution in [3.8, 4) is 0 Å². The molecule has 1 aromatic heterocycles. The lowest BCUT2D eigenvalue weighted by atomic mass is 10.3. The largest absolute Gasteiger partial charge is 0.381 e. The number of hydrogen-bond acceptors (Lipinski definition) is 3. The lowest BCUT2D eigenvalue weighted by Crippen LogP contribution is -2.12. The van der Waals surface area contributed by atoms with Gasteiger partial charge in [-0.05, 0) is 29.5 Å². The van der Waals surface area contributed by atoms with Gasteiger partial charge in [0.1, 0.15) is 16.1 Å². The standard InChI is InChI=1S/C8H9Cl2IN2O/c1-4(14-2)3-5-12-7(9)6(11)8(10)13-5/h4H,3H2,1-2H3. The van der Waals surface area contributed by atoms with E-state index < -0.39 is 0 Å². The molecule has 0 aromatic carbocycles. The normalized spacial score (nSPS) is 12.9. The van der Waals surface area contributed by atoms with Crippen LogP contribution in [0, 0.1) is 3.57 Å². The van der Waals surface area contributed by atoms with Crippen LogP contribution in [0.4, 0.5) is 0 Å². The monoisotopic (exact) mass is 346 g/mol. The highest BCUT2D eigenvalue weighted by Gasteiger charge is 2.11. The number of nitrogens with zero attached hydrogens (tertiary/aromatic N) is 2. The number of ether oxygens (including phenoxy) is 1. The summed E-state index contributed by atoms with van der Waals surface area (Å²) in [4.78, 5) is 8.21. The molecule has 0 radical (unpaired) electrons. The molecule has 1 aromatic rings. The van der Waals surface area contributed by atoms with E-state index in [1.807, 2.05) is 29.5 Å². The van der Waals surface area contributed by atoms with Crippen LogP contribution in [0.1, 0.15) is 12.7 Å². The van der Waals surface area contributed by atoms with E-state index in [4.69, 9.17) is 27.9 Å². The lowest BCUT2D eigenvalue weighted by Gasteiger charge is -2.08. The predicted molar refractivity (Wildman–Crippen MR) is 64.9 cm³/mol. The van der Waals surface area contributed by atoms with Gasteiger partial charge in [0.2, 0.25) is 0 Å². The molecule has 0 fully saturated rings. The predicted octanol–water partition coefficient (Wildman–Crippen LogP) is 2.97. The van der Waals surface area contributed by atoms with Gasteiger partial charge in [0.05, 0.1) is 9.67 Å². The minimum absolute atomic E-state index is 0.0576. The Hall–Kier alpha value is 0.350. The second kappa shape index (κ2) is 5.44. The molecule has 0 bridgehead atoms. The van der Waals surface area contributed by atoms with E-state index in [0.717, 1.165) is 0 Å². The minimum atomic E-state index is 0.0576. The zero-order valence-electron chi connectivity index (χ0n) is 7.72. The van der Waals surface area contributed by atoms with Gasteiger partial charge in [-0.25, -0.2) is 9.97 Å². The molecule has 78 valence electrons. The van der Waals surface area contributed by atoms with Crippen molar-refractivity contribution in [2.45, 2.75) is 19.4 Å². The molecule has 0 aliphatic heterocycles. The minimum Gasteiger partial charge on any atom is -0.381 e. The molecule has 0 N–H and O–H groups in total. The van der Waals surface area contributed by atoms with Gasteiger partial charge in [-0.2, -0.15) is 0 Å². The Morgan fingerprint density at radius 3 is 2.29 bits per heavy atom. The first-order valence-corrected chi connectivity index (χ1v) is 5.78. The van der Waals surface area contributed by atoms with Gasteiger partial charge in [-0.15, -0.1) is 0 Å². The van der Waals surface area contributed by atoms with Gasteiger partial charge in [-0.3, -0.25) is 0 Å². The van der Waals surface area contributed by atoms with E-state index in [2.05, 4.69) is 9.97 Å². The molecule has 0 aliphatic carbocycles. The average Bonchev–Trinajstić information content (AvgIpc) is 2.14. The average molecular weight is 347 g/mol. The van der Waals surface area contributed by atoms with E-state index in [-0.39, 0.29) is 6.10 Å². The van der Waals surface area contributed by atoms with Crippen molar-refractivity contribution in [1.29, 1.82) is 0 Å². The van der Waals surface area contributed by atoms with Crippen LogP contribution in [0.15, 0.2) is 0 Å². The van der Waals surface area contributed by atoms with Gasteiger partial charge in [0.25, 0.3) is 0 Å². The third-order valence-electron chi connectivity index (χ3n) is 1.69. The molecule has 1 unspecified atom stereocenters. The van der Waals surface area contributed by atoms with Crippen LogP contribution in [-0.4, -0.2) is 23.2 Å². The second-order valence-corrected chi connectivity index (χ2v) is 4.58. The van der Waals surface area contributed by atoms with Gasteiger partial charge < -0.3 is 4.74 Å². The summed E-state index contributed by atoms with van der Waals surface area (Å²) in [6, 6.07) is 0. The lowest BCUT2D eigenvalue weighted by molar-refractivity contribution is 0.117. The summed E-state index contributed by atoms with van der Waals surface area (Å²) >= 11 is 13.7. The molecule has 0 saturated heterocycles. The van der Waals surface area contributed by atoms with Crippen LogP contribution >= 0.6 is 45.8 Å². The molecule has 0 spiro atoms. The second-order valence-electron chi connectivity index (χ2n) is 2.79. The Balaban J connectivity index is 2.89. The number of rotatable bonds is 3. The Labute approximate surface area is 106 Å². The summed E-state index contributed by atoms with van der Waals surface area (Å²) in [5.74, 6) is 0.606. The fourth-order valence-electron chi connectivity index (χ4n) is 0.867. The fraction of sp³-hybridized carbons (Fsp3) is 0.500. The van der Waals surface area contributed by atoms with Crippen molar-refractivity contribution in [3.63, 3.8) is 0 Å². The number of aromatic nitrogens is 2. The van der Waals surface area contributed by atoms with Gasteiger partial charge in [0, 0.05) is 13.5 Å². The Bertz CT molecular complexity index is 312. The Morgan fingerprint density at radius 2 is 1.86 bits per heavy atom. The number of halogens is 3. The van der Waals surface area contributed by atoms with Gasteiger partial charge in [-0.1, -0.05) is 23.2 Å². The number of methoxy groups -OCH3 is 1. The molecule has 1 atom stereocenters. The van der Waals surface area contributed by atoms with E-state index in [1.54, 1.807) is 7.11 Å². The first kappa shape index (κ1) is 12.4. The van der Waals surface area contributed by atoms with Crippen molar-refractivity contribution < 1.29 is 4.74 Å². The molecule has 3 nitrogen and oxygen atoms in total. The van der Waals surface area contributed by atoms with Crippen molar-refractivity contribution in [2.75, 3.05) is 7.11 Å². The van der Waals surface area contributed by atoms with E-state index >= 15 is 0 Å². The summed E-state index contributed by atoms with van der Waals surface area (Å²) in [5.41, 5.74) is 0. The summed E-state index contributed by atoms with van der Waals surface area (Å²) in [5, 5.41) is 0.785. The molecule has 0 aliphatic rings. The van der Waals surface area contributed by atoms with Crippen LogP contribution in [0.5, 0.6) is 0 Å². The first-order valence-electron chi connectivity index (χ1n) is 3.94. The summed E-state index contributed by atoms with van der Waals surface area (Å²) < 4.78 is 5.78. The Morgan fingerprint density at radius 1 is 1.36 bits per heavy atom. The first-order chi connectivity index (χ1) is 6.54. The van der Waals surface area contributed by atoms with Crippen LogP contribution in [0.3, 0.4) is 0 Å². The Kier molecular flexibility index (Phi) is 4.82. The maximum Gasteiger partial charge on any atom is 0.147 e. The molecule has 0 saturated carbocycles. The van der Waals surface area contributed by atoms with Crippen LogP contribution in [-0.2, 0) is 11.2 Å². The van der Waals surface area contributed by atoms with Crippen LogP contribution in [0.2, 0.25) is 10.3 Å². The highest BCUT2D eigenvalue weighted by Crippen LogP contribution is 2.23. The topological polar surface area (TPSA) is 35.0 Å². The smallest absolute Gasteiger partial charge is 0.147 e. The fourth-order valence-corrected chi connectivity index (χ4v) is 1.53. The van der Waals surface area contributed by atoms with Crippen LogP contribution < -0.4 is 0 Å². The summed E-state index contributed by atoms with van der Waals surface area (Å²) in [7, 11) is 1.64. The zero-order valence-corrected chi connectivity index (χ0v) is 11.4. The third-order valence-corrected chi connectivity index (χ3v) is 3.90. The van der Waals surface area contributed by atoms with Crippen molar-refractivity contribution in [1.82, 2.24) is 9.97 Å². The van der Waals surface area contributed by atoms with Crippen LogP contribution in [0.25, 0.3) is 0 Å². The quantitative estimate of drug-likeness (QED) is 0.623. The zero-order chi connectivity index (χ0) is 10.7. The summed E-state index contributed by atoms with van der Waals surface area (Å²) in [6.07, 6.45) is 0.662. The number of hydrogen-bond donors (Lipinski definition) is 0. The van der Waals surface area contributed by atoms with E-state index in [1.165, 1.54) is 0 Å². The molecule has 14 heavy (non-hydrogen) atoms. The van der Waals surface area contributed by atoms with Crippen molar-refractivity contribution in [3.05, 3.63) is 19.7 Å². The molecular formula is C8H9Cl2IN2O. The summed E-state index contributed by atoms with van der Waals surface area (Å²) in [6.45, 7) is 1.93. The maximum atomic E-state index is 5.86. The highest BCUT2D eigenvalue weighted by molar-refractivity contribution is 14.1. The molecular weight excluding hydrogens is 338 g/mol. The molecule has 1 heterocycles. The van der Waals surface area contributed by atoms with Gasteiger partial charge in [0.15, 0.2) is 0 Å². The highest BCUT2D eigenvalue weighted by atomic mass is 127. The van der Waals surface area contributed by atoms with Crippen molar-refractivity contribution >= 4 is 45.8 Å². The van der Waals surface area contributed by atoms with Gasteiger partial charge >= 0.3 is 0 Å². The molecule has 6 heteroatoms. The SMILES string of the molecule is COC(C)Cc1nc(Cl)c(I)c(Cl)n1. The maximum absolute atomic E-state index is 5.86.